The third-order valence-electron chi connectivity index (χ3n) is 3.69. The van der Waals surface area contributed by atoms with Crippen molar-refractivity contribution in [3.63, 3.8) is 0 Å². The number of anilines is 1. The molecule has 0 fully saturated rings. The van der Waals surface area contributed by atoms with Crippen LogP contribution in [0.5, 0.6) is 5.75 Å². The lowest BCUT2D eigenvalue weighted by Gasteiger charge is -2.13. The lowest BCUT2D eigenvalue weighted by atomic mass is 10.0. The largest absolute Gasteiger partial charge is 0.504 e. The molecule has 0 bridgehead atoms. The van der Waals surface area contributed by atoms with Crippen molar-refractivity contribution in [2.75, 3.05) is 12.4 Å². The molecule has 2 N–H and O–H groups in total. The van der Waals surface area contributed by atoms with E-state index in [9.17, 15) is 18.3 Å². The quantitative estimate of drug-likeness (QED) is 0.715. The fourth-order valence-electron chi connectivity index (χ4n) is 2.58. The molecule has 1 aliphatic rings. The average molecular weight is 404 g/mol. The van der Waals surface area contributed by atoms with Gasteiger partial charge in [0.1, 0.15) is 0 Å². The Hall–Kier alpha value is -2.09. The van der Waals surface area contributed by atoms with E-state index in [4.69, 9.17) is 9.15 Å². The maximum Gasteiger partial charge on any atom is 0.417 e. The molecule has 1 unspecified atom stereocenters. The van der Waals surface area contributed by atoms with Gasteiger partial charge in [0, 0.05) is 23.5 Å². The molecule has 1 atom stereocenters. The van der Waals surface area contributed by atoms with Gasteiger partial charge in [-0.2, -0.15) is 13.2 Å². The highest BCUT2D eigenvalue weighted by Crippen LogP contribution is 2.49. The SMILES string of the molecule is CNc1oc(C2CC=CO2)c(O)c1-c1cccc(C(F)(F)F)c1Br. The van der Waals surface area contributed by atoms with Crippen LogP contribution in [-0.2, 0) is 10.9 Å². The molecule has 0 radical (unpaired) electrons. The predicted molar refractivity (Wildman–Crippen MR) is 85.6 cm³/mol. The van der Waals surface area contributed by atoms with Crippen LogP contribution in [0.15, 0.2) is 39.4 Å². The minimum absolute atomic E-state index is 0.154. The highest BCUT2D eigenvalue weighted by atomic mass is 79.9. The summed E-state index contributed by atoms with van der Waals surface area (Å²) in [4.78, 5) is 0. The van der Waals surface area contributed by atoms with Crippen LogP contribution in [0.4, 0.5) is 19.1 Å². The number of ether oxygens (including phenoxy) is 1. The van der Waals surface area contributed by atoms with E-state index in [-0.39, 0.29) is 33.0 Å². The van der Waals surface area contributed by atoms with E-state index in [1.807, 2.05) is 0 Å². The zero-order valence-electron chi connectivity index (χ0n) is 12.4. The molecule has 4 nitrogen and oxygen atoms in total. The smallest absolute Gasteiger partial charge is 0.417 e. The van der Waals surface area contributed by atoms with E-state index < -0.39 is 17.8 Å². The Morgan fingerprint density at radius 3 is 2.67 bits per heavy atom. The number of hydrogen-bond acceptors (Lipinski definition) is 4. The summed E-state index contributed by atoms with van der Waals surface area (Å²) in [6.07, 6.45) is -1.25. The summed E-state index contributed by atoms with van der Waals surface area (Å²) in [7, 11) is 1.56. The molecule has 0 amide bonds. The van der Waals surface area contributed by atoms with Gasteiger partial charge < -0.3 is 19.6 Å². The van der Waals surface area contributed by atoms with Crippen molar-refractivity contribution in [2.45, 2.75) is 18.7 Å². The van der Waals surface area contributed by atoms with Crippen molar-refractivity contribution in [2.24, 2.45) is 0 Å². The van der Waals surface area contributed by atoms with Crippen molar-refractivity contribution in [1.29, 1.82) is 0 Å². The van der Waals surface area contributed by atoms with Gasteiger partial charge in [0.2, 0.25) is 5.88 Å². The maximum absolute atomic E-state index is 13.1. The summed E-state index contributed by atoms with van der Waals surface area (Å²) in [5.74, 6) is 0.0924. The highest BCUT2D eigenvalue weighted by molar-refractivity contribution is 9.10. The Bertz CT molecular complexity index is 791. The molecule has 0 aliphatic carbocycles. The van der Waals surface area contributed by atoms with E-state index in [0.29, 0.717) is 6.42 Å². The second kappa shape index (κ2) is 6.08. The minimum atomic E-state index is -4.52. The van der Waals surface area contributed by atoms with Crippen LogP contribution in [0, 0.1) is 0 Å². The number of nitrogens with one attached hydrogen (secondary N) is 1. The second-order valence-electron chi connectivity index (χ2n) is 5.17. The van der Waals surface area contributed by atoms with E-state index in [1.54, 1.807) is 13.1 Å². The van der Waals surface area contributed by atoms with Crippen molar-refractivity contribution in [1.82, 2.24) is 0 Å². The van der Waals surface area contributed by atoms with Gasteiger partial charge in [0.05, 0.1) is 17.4 Å². The number of benzene rings is 1. The Kier molecular flexibility index (Phi) is 4.25. The third kappa shape index (κ3) is 2.75. The summed E-state index contributed by atoms with van der Waals surface area (Å²) < 4.78 is 50.1. The molecule has 8 heteroatoms. The molecular weight excluding hydrogens is 391 g/mol. The lowest BCUT2D eigenvalue weighted by Crippen LogP contribution is -2.06. The third-order valence-corrected chi connectivity index (χ3v) is 4.55. The van der Waals surface area contributed by atoms with E-state index >= 15 is 0 Å². The predicted octanol–water partition coefficient (Wildman–Crippen LogP) is 5.45. The fourth-order valence-corrected chi connectivity index (χ4v) is 3.27. The van der Waals surface area contributed by atoms with Crippen LogP contribution in [0.3, 0.4) is 0 Å². The minimum Gasteiger partial charge on any atom is -0.504 e. The maximum atomic E-state index is 13.1. The number of alkyl halides is 3. The lowest BCUT2D eigenvalue weighted by molar-refractivity contribution is -0.138. The van der Waals surface area contributed by atoms with Crippen LogP contribution < -0.4 is 5.32 Å². The number of aromatic hydroxyl groups is 1. The summed E-state index contributed by atoms with van der Waals surface area (Å²) in [5.41, 5.74) is -0.503. The van der Waals surface area contributed by atoms with Gasteiger partial charge in [-0.3, -0.25) is 0 Å². The van der Waals surface area contributed by atoms with Gasteiger partial charge in [-0.1, -0.05) is 12.1 Å². The molecular formula is C16H13BrF3NO3. The molecule has 3 rings (SSSR count). The van der Waals surface area contributed by atoms with Gasteiger partial charge in [-0.25, -0.2) is 0 Å². The molecule has 0 saturated carbocycles. The number of halogens is 4. The van der Waals surface area contributed by atoms with Crippen LogP contribution in [0.2, 0.25) is 0 Å². The first kappa shape index (κ1) is 16.8. The van der Waals surface area contributed by atoms with Gasteiger partial charge in [0.15, 0.2) is 17.6 Å². The second-order valence-corrected chi connectivity index (χ2v) is 5.96. The first-order valence-electron chi connectivity index (χ1n) is 7.04. The molecule has 2 aromatic rings. The van der Waals surface area contributed by atoms with Gasteiger partial charge >= 0.3 is 6.18 Å². The monoisotopic (exact) mass is 403 g/mol. The number of hydrogen-bond donors (Lipinski definition) is 2. The molecule has 0 spiro atoms. The van der Waals surface area contributed by atoms with Crippen LogP contribution >= 0.6 is 15.9 Å². The number of furan rings is 1. The van der Waals surface area contributed by atoms with Crippen molar-refractivity contribution >= 4 is 21.8 Å². The summed E-state index contributed by atoms with van der Waals surface area (Å²) in [5, 5.41) is 13.3. The average Bonchev–Trinajstić information content (AvgIpc) is 3.14. The summed E-state index contributed by atoms with van der Waals surface area (Å²) in [6.45, 7) is 0. The normalized spacial score (nSPS) is 17.1. The fraction of sp³-hybridized carbons (Fsp3) is 0.250. The summed E-state index contributed by atoms with van der Waals surface area (Å²) in [6, 6.07) is 3.72. The highest BCUT2D eigenvalue weighted by Gasteiger charge is 2.36. The first-order valence-corrected chi connectivity index (χ1v) is 7.83. The molecule has 1 aromatic carbocycles. The van der Waals surface area contributed by atoms with Gasteiger partial charge in [-0.15, -0.1) is 0 Å². The van der Waals surface area contributed by atoms with Gasteiger partial charge in [-0.05, 0) is 28.1 Å². The van der Waals surface area contributed by atoms with E-state index in [1.165, 1.54) is 18.4 Å². The van der Waals surface area contributed by atoms with Crippen molar-refractivity contribution in [3.05, 3.63) is 46.3 Å². The molecule has 0 saturated heterocycles. The molecule has 24 heavy (non-hydrogen) atoms. The Balaban J connectivity index is 2.16. The topological polar surface area (TPSA) is 54.6 Å². The van der Waals surface area contributed by atoms with E-state index in [2.05, 4.69) is 21.2 Å². The van der Waals surface area contributed by atoms with E-state index in [0.717, 1.165) is 6.07 Å². The molecule has 1 aromatic heterocycles. The Labute approximate surface area is 144 Å². The van der Waals surface area contributed by atoms with Crippen LogP contribution in [0.1, 0.15) is 23.8 Å². The molecule has 2 heterocycles. The van der Waals surface area contributed by atoms with Crippen molar-refractivity contribution < 1.29 is 27.4 Å². The van der Waals surface area contributed by atoms with Crippen molar-refractivity contribution in [3.8, 4) is 16.9 Å². The Morgan fingerprint density at radius 1 is 1.33 bits per heavy atom. The Morgan fingerprint density at radius 2 is 2.08 bits per heavy atom. The van der Waals surface area contributed by atoms with Crippen LogP contribution in [0.25, 0.3) is 11.1 Å². The first-order chi connectivity index (χ1) is 11.3. The molecule has 128 valence electrons. The zero-order valence-corrected chi connectivity index (χ0v) is 14.0. The molecule has 1 aliphatic heterocycles. The summed E-state index contributed by atoms with van der Waals surface area (Å²) >= 11 is 3.00. The van der Waals surface area contributed by atoms with Gasteiger partial charge in [0.25, 0.3) is 0 Å². The zero-order chi connectivity index (χ0) is 17.5. The number of rotatable bonds is 3. The standard InChI is InChI=1S/C16H13BrF3NO3/c1-21-15-11(13(22)14(24-15)10-6-3-7-23-10)8-4-2-5-9(12(8)17)16(18,19)20/h2-5,7,10,21-22H,6H2,1H3. The van der Waals surface area contributed by atoms with Crippen LogP contribution in [-0.4, -0.2) is 12.2 Å².